The highest BCUT2D eigenvalue weighted by Gasteiger charge is 2.30. The van der Waals surface area contributed by atoms with Crippen molar-refractivity contribution in [1.82, 2.24) is 24.5 Å². The van der Waals surface area contributed by atoms with Crippen LogP contribution in [0, 0.1) is 0 Å². The first-order chi connectivity index (χ1) is 14.6. The Kier molecular flexibility index (Phi) is 5.06. The molecule has 4 aromatic rings. The van der Waals surface area contributed by atoms with Crippen molar-refractivity contribution in [2.45, 2.75) is 24.5 Å². The third-order valence-electron chi connectivity index (χ3n) is 4.69. The predicted octanol–water partition coefficient (Wildman–Crippen LogP) is 2.80. The lowest BCUT2D eigenvalue weighted by molar-refractivity contribution is -0.140. The second-order valence-electron chi connectivity index (χ2n) is 6.78. The van der Waals surface area contributed by atoms with E-state index in [1.54, 1.807) is 6.92 Å². The molecule has 8 nitrogen and oxygen atoms in total. The molecule has 0 unspecified atom stereocenters. The molecule has 1 aromatic carbocycles. The van der Waals surface area contributed by atoms with Crippen LogP contribution in [0.15, 0.2) is 52.4 Å². The number of pyridine rings is 2. The number of nitrogens with zero attached hydrogens (tertiary/aromatic N) is 3. The Labute approximate surface area is 173 Å². The van der Waals surface area contributed by atoms with Crippen LogP contribution in [0.4, 0.5) is 13.2 Å². The van der Waals surface area contributed by atoms with Crippen LogP contribution in [0.1, 0.15) is 6.92 Å². The minimum Gasteiger partial charge on any atom is -0.298 e. The Bertz CT molecular complexity index is 1440. The second kappa shape index (κ2) is 7.46. The molecule has 4 rings (SSSR count). The summed E-state index contributed by atoms with van der Waals surface area (Å²) < 4.78 is 66.7. The van der Waals surface area contributed by atoms with Crippen LogP contribution in [0.25, 0.3) is 33.1 Å². The van der Waals surface area contributed by atoms with Gasteiger partial charge in [-0.2, -0.15) is 18.3 Å². The number of hydrogen-bond acceptors (Lipinski definition) is 5. The molecular formula is C19H16F3N5O3S. The van der Waals surface area contributed by atoms with Gasteiger partial charge in [0.05, 0.1) is 33.2 Å². The molecule has 0 aliphatic rings. The first-order valence-corrected chi connectivity index (χ1v) is 10.6. The fourth-order valence-corrected chi connectivity index (χ4v) is 4.38. The van der Waals surface area contributed by atoms with Crippen molar-refractivity contribution in [1.29, 1.82) is 0 Å². The summed E-state index contributed by atoms with van der Waals surface area (Å²) >= 11 is 0. The number of H-pyrrole nitrogens is 1. The number of benzene rings is 1. The zero-order valence-electron chi connectivity index (χ0n) is 16.1. The van der Waals surface area contributed by atoms with Crippen molar-refractivity contribution in [3.8, 4) is 11.3 Å². The highest BCUT2D eigenvalue weighted by molar-refractivity contribution is 7.89. The molecule has 3 aromatic heterocycles. The van der Waals surface area contributed by atoms with Gasteiger partial charge in [-0.3, -0.25) is 19.4 Å². The molecule has 0 saturated carbocycles. The summed E-state index contributed by atoms with van der Waals surface area (Å²) in [5.41, 5.74) is 0.276. The standard InChI is InChI=1S/C19H16F3N5O3S/c1-2-25-31(29,30)12-5-3-11(4-6-12)15-7-16-13(8-23-15)17-14(9-24-26-17)18(28)27(16)10-19(20,21)22/h3-9,25H,2,10H2,1H3,(H,24,26). The maximum absolute atomic E-state index is 13.2. The van der Waals surface area contributed by atoms with Crippen molar-refractivity contribution in [3.05, 3.63) is 53.1 Å². The fourth-order valence-electron chi connectivity index (χ4n) is 3.34. The van der Waals surface area contributed by atoms with Crippen molar-refractivity contribution in [2.75, 3.05) is 6.54 Å². The lowest BCUT2D eigenvalue weighted by atomic mass is 10.1. The van der Waals surface area contributed by atoms with Gasteiger partial charge in [0.1, 0.15) is 6.54 Å². The third-order valence-corrected chi connectivity index (χ3v) is 6.25. The van der Waals surface area contributed by atoms with Gasteiger partial charge in [-0.1, -0.05) is 19.1 Å². The summed E-state index contributed by atoms with van der Waals surface area (Å²) in [6.45, 7) is 0.421. The summed E-state index contributed by atoms with van der Waals surface area (Å²) in [4.78, 5) is 17.0. The van der Waals surface area contributed by atoms with Gasteiger partial charge in [0.15, 0.2) is 0 Å². The van der Waals surface area contributed by atoms with Crippen LogP contribution in [-0.2, 0) is 16.6 Å². The zero-order chi connectivity index (χ0) is 22.4. The molecule has 0 saturated heterocycles. The number of nitrogens with one attached hydrogen (secondary N) is 2. The van der Waals surface area contributed by atoms with E-state index in [0.29, 0.717) is 21.0 Å². The molecule has 0 atom stereocenters. The lowest BCUT2D eigenvalue weighted by Crippen LogP contribution is -2.28. The lowest BCUT2D eigenvalue weighted by Gasteiger charge is -2.14. The Hall–Kier alpha value is -3.25. The maximum Gasteiger partial charge on any atom is 0.406 e. The quantitative estimate of drug-likeness (QED) is 0.485. The summed E-state index contributed by atoms with van der Waals surface area (Å²) in [6.07, 6.45) is -2.07. The van der Waals surface area contributed by atoms with E-state index in [0.717, 1.165) is 0 Å². The Morgan fingerprint density at radius 2 is 1.84 bits per heavy atom. The van der Waals surface area contributed by atoms with E-state index in [9.17, 15) is 26.4 Å². The first kappa shape index (κ1) is 21.0. The number of halogens is 3. The Morgan fingerprint density at radius 1 is 1.13 bits per heavy atom. The molecule has 0 spiro atoms. The van der Waals surface area contributed by atoms with E-state index >= 15 is 0 Å². The SMILES string of the molecule is CCNS(=O)(=O)c1ccc(-c2cc3c(cn2)c2[nH]ncc2c(=O)n3CC(F)(F)F)cc1. The van der Waals surface area contributed by atoms with Crippen molar-refractivity contribution < 1.29 is 21.6 Å². The molecule has 12 heteroatoms. The molecule has 3 heterocycles. The van der Waals surface area contributed by atoms with E-state index in [1.165, 1.54) is 42.7 Å². The molecule has 0 amide bonds. The smallest absolute Gasteiger partial charge is 0.298 e. The van der Waals surface area contributed by atoms with E-state index in [1.807, 2.05) is 0 Å². The number of sulfonamides is 1. The third kappa shape index (κ3) is 3.91. The fraction of sp³-hybridized carbons (Fsp3) is 0.211. The van der Waals surface area contributed by atoms with Gasteiger partial charge in [-0.05, 0) is 18.2 Å². The molecular weight excluding hydrogens is 435 g/mol. The topological polar surface area (TPSA) is 110 Å². The van der Waals surface area contributed by atoms with Crippen LogP contribution < -0.4 is 10.3 Å². The predicted molar refractivity (Wildman–Crippen MR) is 108 cm³/mol. The number of fused-ring (bicyclic) bond motifs is 3. The van der Waals surface area contributed by atoms with Crippen molar-refractivity contribution in [3.63, 3.8) is 0 Å². The van der Waals surface area contributed by atoms with E-state index in [2.05, 4.69) is 19.9 Å². The number of rotatable bonds is 5. The largest absolute Gasteiger partial charge is 0.406 e. The van der Waals surface area contributed by atoms with Crippen molar-refractivity contribution >= 4 is 31.8 Å². The average molecular weight is 451 g/mol. The first-order valence-electron chi connectivity index (χ1n) is 9.13. The maximum atomic E-state index is 13.2. The molecule has 0 fully saturated rings. The molecule has 0 aliphatic carbocycles. The summed E-state index contributed by atoms with van der Waals surface area (Å²) in [5.74, 6) is 0. The van der Waals surface area contributed by atoms with Crippen molar-refractivity contribution in [2.24, 2.45) is 0 Å². The van der Waals surface area contributed by atoms with Crippen LogP contribution in [0.5, 0.6) is 0 Å². The summed E-state index contributed by atoms with van der Waals surface area (Å²) in [7, 11) is -3.65. The van der Waals surface area contributed by atoms with Crippen LogP contribution in [0.2, 0.25) is 0 Å². The summed E-state index contributed by atoms with van der Waals surface area (Å²) in [5, 5.41) is 6.74. The minimum absolute atomic E-state index is 0.0317. The molecule has 0 bridgehead atoms. The van der Waals surface area contributed by atoms with E-state index < -0.39 is 28.3 Å². The zero-order valence-corrected chi connectivity index (χ0v) is 16.9. The second-order valence-corrected chi connectivity index (χ2v) is 8.54. The molecule has 0 aliphatic heterocycles. The van der Waals surface area contributed by atoms with Crippen LogP contribution in [-0.4, -0.2) is 40.9 Å². The molecule has 2 N–H and O–H groups in total. The normalized spacial score (nSPS) is 12.6. The highest BCUT2D eigenvalue weighted by atomic mass is 32.2. The Balaban J connectivity index is 1.88. The highest BCUT2D eigenvalue weighted by Crippen LogP contribution is 2.28. The van der Waals surface area contributed by atoms with Gasteiger partial charge in [-0.15, -0.1) is 0 Å². The van der Waals surface area contributed by atoms with Gasteiger partial charge in [0.25, 0.3) is 5.56 Å². The molecule has 31 heavy (non-hydrogen) atoms. The number of hydrogen-bond donors (Lipinski definition) is 2. The number of aromatic amines is 1. The van der Waals surface area contributed by atoms with Gasteiger partial charge < -0.3 is 0 Å². The van der Waals surface area contributed by atoms with Gasteiger partial charge in [0, 0.05) is 23.7 Å². The molecule has 0 radical (unpaired) electrons. The van der Waals surface area contributed by atoms with E-state index in [-0.39, 0.29) is 28.0 Å². The summed E-state index contributed by atoms with van der Waals surface area (Å²) in [6, 6.07) is 7.12. The van der Waals surface area contributed by atoms with Crippen LogP contribution in [0.3, 0.4) is 0 Å². The molecule has 162 valence electrons. The monoisotopic (exact) mass is 451 g/mol. The minimum atomic E-state index is -4.61. The van der Waals surface area contributed by atoms with Gasteiger partial charge in [-0.25, -0.2) is 13.1 Å². The van der Waals surface area contributed by atoms with E-state index in [4.69, 9.17) is 0 Å². The van der Waals surface area contributed by atoms with Gasteiger partial charge in [0.2, 0.25) is 10.0 Å². The number of alkyl halides is 3. The Morgan fingerprint density at radius 3 is 2.48 bits per heavy atom. The van der Waals surface area contributed by atoms with Crippen LogP contribution >= 0.6 is 0 Å². The average Bonchev–Trinajstić information content (AvgIpc) is 3.20. The van der Waals surface area contributed by atoms with Gasteiger partial charge >= 0.3 is 6.18 Å². The number of aromatic nitrogens is 4.